The fourth-order valence-corrected chi connectivity index (χ4v) is 4.83. The van der Waals surface area contributed by atoms with Crippen LogP contribution in [-0.2, 0) is 27.5 Å². The highest BCUT2D eigenvalue weighted by molar-refractivity contribution is 7.89. The summed E-state index contributed by atoms with van der Waals surface area (Å²) in [6.07, 6.45) is -4.54. The van der Waals surface area contributed by atoms with E-state index in [4.69, 9.17) is 4.74 Å². The van der Waals surface area contributed by atoms with Crippen molar-refractivity contribution in [2.45, 2.75) is 24.5 Å². The number of amides is 1. The molecule has 2 aromatic carbocycles. The summed E-state index contributed by atoms with van der Waals surface area (Å²) in [6.45, 7) is 2.39. The van der Waals surface area contributed by atoms with Crippen LogP contribution in [0.5, 0.6) is 0 Å². The van der Waals surface area contributed by atoms with Crippen molar-refractivity contribution in [3.63, 3.8) is 0 Å². The third kappa shape index (κ3) is 5.08. The Hall–Kier alpha value is -2.43. The molecule has 1 heterocycles. The van der Waals surface area contributed by atoms with E-state index in [9.17, 15) is 26.4 Å². The molecule has 1 amide bonds. The fraction of sp³-hybridized carbons (Fsp3) is 0.381. The average Bonchev–Trinajstić information content (AvgIpc) is 2.73. The van der Waals surface area contributed by atoms with Gasteiger partial charge in [-0.2, -0.15) is 17.5 Å². The molecule has 0 spiro atoms. The van der Waals surface area contributed by atoms with E-state index >= 15 is 0 Å². The van der Waals surface area contributed by atoms with E-state index in [1.54, 1.807) is 6.92 Å². The summed E-state index contributed by atoms with van der Waals surface area (Å²) in [6, 6.07) is 9.29. The predicted octanol–water partition coefficient (Wildman–Crippen LogP) is 3.31. The molecule has 0 bridgehead atoms. The number of sulfonamides is 1. The van der Waals surface area contributed by atoms with Gasteiger partial charge in [-0.05, 0) is 36.2 Å². The topological polar surface area (TPSA) is 66.9 Å². The van der Waals surface area contributed by atoms with Gasteiger partial charge in [-0.25, -0.2) is 8.42 Å². The maximum Gasteiger partial charge on any atom is 0.416 e. The third-order valence-corrected chi connectivity index (χ3v) is 7.02. The predicted molar refractivity (Wildman–Crippen MR) is 108 cm³/mol. The van der Waals surface area contributed by atoms with Gasteiger partial charge < -0.3 is 9.64 Å². The molecule has 0 saturated carbocycles. The number of hydrogen-bond donors (Lipinski definition) is 0. The van der Waals surface area contributed by atoms with Gasteiger partial charge in [0, 0.05) is 32.2 Å². The van der Waals surface area contributed by atoms with E-state index in [-0.39, 0.29) is 48.9 Å². The molecule has 0 N–H and O–H groups in total. The molecule has 10 heteroatoms. The molecule has 1 aliphatic heterocycles. The second-order valence-electron chi connectivity index (χ2n) is 7.31. The lowest BCUT2D eigenvalue weighted by atomic mass is 10.0. The van der Waals surface area contributed by atoms with Crippen LogP contribution in [0.4, 0.5) is 13.2 Å². The van der Waals surface area contributed by atoms with Gasteiger partial charge in [0.1, 0.15) is 0 Å². The first-order chi connectivity index (χ1) is 14.5. The first-order valence-electron chi connectivity index (χ1n) is 9.61. The average molecular weight is 456 g/mol. The van der Waals surface area contributed by atoms with Crippen LogP contribution >= 0.6 is 0 Å². The smallest absolute Gasteiger partial charge is 0.379 e. The van der Waals surface area contributed by atoms with Gasteiger partial charge in [-0.3, -0.25) is 4.79 Å². The Morgan fingerprint density at radius 2 is 1.77 bits per heavy atom. The largest absolute Gasteiger partial charge is 0.416 e. The van der Waals surface area contributed by atoms with Crippen LogP contribution in [0.15, 0.2) is 47.4 Å². The number of rotatable bonds is 5. The minimum absolute atomic E-state index is 0.0348. The number of halogens is 3. The van der Waals surface area contributed by atoms with E-state index in [2.05, 4.69) is 0 Å². The van der Waals surface area contributed by atoms with E-state index in [1.165, 1.54) is 47.8 Å². The normalized spacial score (nSPS) is 15.6. The molecule has 0 unspecified atom stereocenters. The number of alkyl halides is 3. The van der Waals surface area contributed by atoms with Gasteiger partial charge in [-0.1, -0.05) is 24.3 Å². The number of carbonyl (C=O) groups is 1. The Bertz CT molecular complexity index is 1060. The molecule has 1 fully saturated rings. The number of carbonyl (C=O) groups excluding carboxylic acids is 1. The van der Waals surface area contributed by atoms with Crippen LogP contribution in [-0.4, -0.2) is 56.9 Å². The molecule has 0 atom stereocenters. The molecule has 168 valence electrons. The summed E-state index contributed by atoms with van der Waals surface area (Å²) in [5.41, 5.74) is -0.196. The summed E-state index contributed by atoms with van der Waals surface area (Å²) in [7, 11) is -2.42. The van der Waals surface area contributed by atoms with Crippen molar-refractivity contribution in [2.24, 2.45) is 0 Å². The molecule has 0 aromatic heterocycles. The van der Waals surface area contributed by atoms with Crippen LogP contribution in [0.25, 0.3) is 0 Å². The Labute approximate surface area is 179 Å². The van der Waals surface area contributed by atoms with Crippen LogP contribution < -0.4 is 0 Å². The highest BCUT2D eigenvalue weighted by Crippen LogP contribution is 2.32. The zero-order valence-electron chi connectivity index (χ0n) is 17.1. The minimum atomic E-state index is -4.54. The molecule has 0 aliphatic carbocycles. The molecule has 1 aliphatic rings. The van der Waals surface area contributed by atoms with Gasteiger partial charge in [-0.15, -0.1) is 0 Å². The number of aryl methyl sites for hydroxylation is 1. The van der Waals surface area contributed by atoms with Crippen molar-refractivity contribution >= 4 is 15.9 Å². The number of ether oxygens (including phenoxy) is 1. The summed E-state index contributed by atoms with van der Waals surface area (Å²) in [4.78, 5) is 14.1. The fourth-order valence-electron chi connectivity index (χ4n) is 3.40. The van der Waals surface area contributed by atoms with Crippen molar-refractivity contribution < 1.29 is 31.1 Å². The van der Waals surface area contributed by atoms with E-state index in [0.29, 0.717) is 5.56 Å². The highest BCUT2D eigenvalue weighted by atomic mass is 32.2. The van der Waals surface area contributed by atoms with Gasteiger partial charge in [0.25, 0.3) is 5.91 Å². The molecule has 31 heavy (non-hydrogen) atoms. The molecule has 6 nitrogen and oxygen atoms in total. The van der Waals surface area contributed by atoms with Crippen LogP contribution in [0.1, 0.15) is 27.0 Å². The number of morpholine rings is 1. The lowest BCUT2D eigenvalue weighted by Crippen LogP contribution is -2.40. The minimum Gasteiger partial charge on any atom is -0.379 e. The Morgan fingerprint density at radius 1 is 1.13 bits per heavy atom. The van der Waals surface area contributed by atoms with Crippen LogP contribution in [0.2, 0.25) is 0 Å². The number of benzene rings is 2. The van der Waals surface area contributed by atoms with Crippen molar-refractivity contribution in [3.8, 4) is 0 Å². The van der Waals surface area contributed by atoms with Crippen molar-refractivity contribution in [2.75, 3.05) is 33.4 Å². The highest BCUT2D eigenvalue weighted by Gasteiger charge is 2.33. The van der Waals surface area contributed by atoms with Gasteiger partial charge in [0.15, 0.2) is 0 Å². The van der Waals surface area contributed by atoms with Gasteiger partial charge in [0.05, 0.1) is 23.7 Å². The van der Waals surface area contributed by atoms with Gasteiger partial charge in [0.2, 0.25) is 10.0 Å². The zero-order chi connectivity index (χ0) is 22.8. The Balaban J connectivity index is 1.88. The summed E-state index contributed by atoms with van der Waals surface area (Å²) in [5.74, 6) is -0.562. The third-order valence-electron chi connectivity index (χ3n) is 5.12. The summed E-state index contributed by atoms with van der Waals surface area (Å²) >= 11 is 0. The molecule has 3 rings (SSSR count). The number of nitrogens with zero attached hydrogens (tertiary/aromatic N) is 2. The first kappa shape index (κ1) is 23.2. The van der Waals surface area contributed by atoms with Crippen LogP contribution in [0.3, 0.4) is 0 Å². The quantitative estimate of drug-likeness (QED) is 0.693. The zero-order valence-corrected chi connectivity index (χ0v) is 18.0. The molecular weight excluding hydrogens is 433 g/mol. The summed E-state index contributed by atoms with van der Waals surface area (Å²) < 4.78 is 72.1. The molecule has 0 radical (unpaired) electrons. The van der Waals surface area contributed by atoms with E-state index in [0.717, 1.165) is 11.0 Å². The second kappa shape index (κ2) is 8.97. The number of hydrogen-bond acceptors (Lipinski definition) is 4. The lowest BCUT2D eigenvalue weighted by Gasteiger charge is -2.26. The van der Waals surface area contributed by atoms with E-state index < -0.39 is 27.7 Å². The SMILES string of the molecule is Cc1ccc(S(=O)(=O)N2CCOCC2)cc1C(=O)N(C)Cc1ccccc1C(F)(F)F. The van der Waals surface area contributed by atoms with Crippen molar-refractivity contribution in [1.82, 2.24) is 9.21 Å². The second-order valence-corrected chi connectivity index (χ2v) is 9.25. The monoisotopic (exact) mass is 456 g/mol. The maximum absolute atomic E-state index is 13.3. The Kier molecular flexibility index (Phi) is 6.73. The summed E-state index contributed by atoms with van der Waals surface area (Å²) in [5, 5.41) is 0. The maximum atomic E-state index is 13.3. The first-order valence-corrected chi connectivity index (χ1v) is 11.0. The molecule has 1 saturated heterocycles. The standard InChI is InChI=1S/C21H23F3N2O4S/c1-15-7-8-17(31(28,29)26-9-11-30-12-10-26)13-18(15)20(27)25(2)14-16-5-3-4-6-19(16)21(22,23)24/h3-8,13H,9-12,14H2,1-2H3. The van der Waals surface area contributed by atoms with E-state index in [1.807, 2.05) is 0 Å². The molecular formula is C21H23F3N2O4S. The van der Waals surface area contributed by atoms with Crippen molar-refractivity contribution in [3.05, 3.63) is 64.7 Å². The lowest BCUT2D eigenvalue weighted by molar-refractivity contribution is -0.138. The molecule has 2 aromatic rings. The van der Waals surface area contributed by atoms with Crippen LogP contribution in [0, 0.1) is 6.92 Å². The van der Waals surface area contributed by atoms with Gasteiger partial charge >= 0.3 is 6.18 Å². The van der Waals surface area contributed by atoms with Crippen molar-refractivity contribution in [1.29, 1.82) is 0 Å². The Morgan fingerprint density at radius 3 is 2.42 bits per heavy atom.